The zero-order valence-electron chi connectivity index (χ0n) is 11.1. The second-order valence-electron chi connectivity index (χ2n) is 3.94. The molecule has 0 radical (unpaired) electrons. The van der Waals surface area contributed by atoms with Crippen molar-refractivity contribution in [2.24, 2.45) is 5.10 Å². The number of hydrogen-bond donors (Lipinski definition) is 0. The molecule has 0 saturated heterocycles. The van der Waals surface area contributed by atoms with Crippen molar-refractivity contribution >= 4 is 45.2 Å². The SMILES string of the molecule is CCSc1nnc(-c2ccco2)n1N=Cc1cc(Br)cs1. The lowest BCUT2D eigenvalue weighted by Crippen LogP contribution is -1.95. The minimum absolute atomic E-state index is 0.600. The summed E-state index contributed by atoms with van der Waals surface area (Å²) in [5, 5.41) is 15.6. The lowest BCUT2D eigenvalue weighted by molar-refractivity contribution is 0.571. The van der Waals surface area contributed by atoms with Gasteiger partial charge < -0.3 is 4.42 Å². The van der Waals surface area contributed by atoms with E-state index in [9.17, 15) is 0 Å². The van der Waals surface area contributed by atoms with Crippen LogP contribution in [0.25, 0.3) is 11.6 Å². The van der Waals surface area contributed by atoms with Crippen molar-refractivity contribution < 1.29 is 4.42 Å². The minimum atomic E-state index is 0.600. The number of aromatic nitrogens is 3. The van der Waals surface area contributed by atoms with Gasteiger partial charge >= 0.3 is 0 Å². The number of halogens is 1. The Morgan fingerprint density at radius 3 is 3.10 bits per heavy atom. The highest BCUT2D eigenvalue weighted by Crippen LogP contribution is 2.24. The molecule has 5 nitrogen and oxygen atoms in total. The van der Waals surface area contributed by atoms with Gasteiger partial charge in [-0.25, -0.2) is 0 Å². The highest BCUT2D eigenvalue weighted by Gasteiger charge is 2.15. The number of nitrogens with zero attached hydrogens (tertiary/aromatic N) is 4. The van der Waals surface area contributed by atoms with Gasteiger partial charge in [0.2, 0.25) is 11.0 Å². The van der Waals surface area contributed by atoms with Gasteiger partial charge in [-0.3, -0.25) is 0 Å². The van der Waals surface area contributed by atoms with Gasteiger partial charge in [-0.2, -0.15) is 9.78 Å². The topological polar surface area (TPSA) is 56.2 Å². The molecule has 3 heterocycles. The van der Waals surface area contributed by atoms with E-state index >= 15 is 0 Å². The van der Waals surface area contributed by atoms with Gasteiger partial charge in [0.15, 0.2) is 5.76 Å². The van der Waals surface area contributed by atoms with E-state index in [-0.39, 0.29) is 0 Å². The van der Waals surface area contributed by atoms with Crippen LogP contribution in [0.3, 0.4) is 0 Å². The van der Waals surface area contributed by atoms with Gasteiger partial charge in [0, 0.05) is 14.7 Å². The van der Waals surface area contributed by atoms with Gasteiger partial charge in [0.05, 0.1) is 12.5 Å². The van der Waals surface area contributed by atoms with E-state index in [0.29, 0.717) is 11.6 Å². The van der Waals surface area contributed by atoms with Crippen LogP contribution in [0.5, 0.6) is 0 Å². The van der Waals surface area contributed by atoms with Crippen LogP contribution in [0.2, 0.25) is 0 Å². The Hall–Kier alpha value is -1.38. The maximum atomic E-state index is 5.40. The fourth-order valence-corrected chi connectivity index (χ4v) is 3.57. The first kappa shape index (κ1) is 14.6. The van der Waals surface area contributed by atoms with Crippen LogP contribution >= 0.6 is 39.0 Å². The van der Waals surface area contributed by atoms with E-state index in [0.717, 1.165) is 20.3 Å². The fourth-order valence-electron chi connectivity index (χ4n) is 1.66. The minimum Gasteiger partial charge on any atom is -0.461 e. The molecule has 0 atom stereocenters. The Balaban J connectivity index is 1.98. The number of rotatable bonds is 5. The third kappa shape index (κ3) is 3.28. The molecule has 0 N–H and O–H groups in total. The summed E-state index contributed by atoms with van der Waals surface area (Å²) in [6.45, 7) is 2.07. The van der Waals surface area contributed by atoms with Gasteiger partial charge in [0.1, 0.15) is 0 Å². The third-order valence-corrected chi connectivity index (χ3v) is 4.94. The monoisotopic (exact) mass is 382 g/mol. The molecule has 0 amide bonds. The molecule has 8 heteroatoms. The number of furan rings is 1. The maximum Gasteiger partial charge on any atom is 0.221 e. The molecule has 0 aliphatic rings. The van der Waals surface area contributed by atoms with Gasteiger partial charge in [-0.05, 0) is 39.9 Å². The van der Waals surface area contributed by atoms with Crippen LogP contribution in [0.1, 0.15) is 11.8 Å². The first-order chi connectivity index (χ1) is 10.3. The predicted molar refractivity (Wildman–Crippen MR) is 89.1 cm³/mol. The van der Waals surface area contributed by atoms with Crippen LogP contribution in [0, 0.1) is 0 Å². The molecule has 3 aromatic rings. The van der Waals surface area contributed by atoms with E-state index in [4.69, 9.17) is 4.42 Å². The van der Waals surface area contributed by atoms with Crippen LogP contribution in [0.15, 0.2) is 49.0 Å². The third-order valence-electron chi connectivity index (χ3n) is 2.52. The van der Waals surface area contributed by atoms with Crippen LogP contribution < -0.4 is 0 Å². The summed E-state index contributed by atoms with van der Waals surface area (Å²) in [4.78, 5) is 1.05. The summed E-state index contributed by atoms with van der Waals surface area (Å²) in [6, 6.07) is 5.68. The Labute approximate surface area is 138 Å². The molecule has 0 aromatic carbocycles. The summed E-state index contributed by atoms with van der Waals surface area (Å²) >= 11 is 6.64. The van der Waals surface area contributed by atoms with Crippen molar-refractivity contribution in [1.82, 2.24) is 14.9 Å². The summed E-state index contributed by atoms with van der Waals surface area (Å²) in [5.41, 5.74) is 0. The summed E-state index contributed by atoms with van der Waals surface area (Å²) in [6.07, 6.45) is 3.41. The zero-order chi connectivity index (χ0) is 14.7. The Morgan fingerprint density at radius 1 is 1.52 bits per heavy atom. The fraction of sp³-hybridized carbons (Fsp3) is 0.154. The second kappa shape index (κ2) is 6.59. The summed E-state index contributed by atoms with van der Waals surface area (Å²) in [7, 11) is 0. The largest absolute Gasteiger partial charge is 0.461 e. The molecule has 3 rings (SSSR count). The van der Waals surface area contributed by atoms with Crippen molar-refractivity contribution in [2.45, 2.75) is 12.1 Å². The van der Waals surface area contributed by atoms with Crippen LogP contribution in [-0.2, 0) is 0 Å². The van der Waals surface area contributed by atoms with Gasteiger partial charge in [-0.1, -0.05) is 18.7 Å². The molecule has 21 heavy (non-hydrogen) atoms. The molecule has 3 aromatic heterocycles. The van der Waals surface area contributed by atoms with E-state index in [1.165, 1.54) is 0 Å². The number of hydrogen-bond acceptors (Lipinski definition) is 6. The van der Waals surface area contributed by atoms with E-state index in [2.05, 4.69) is 38.2 Å². The first-order valence-corrected chi connectivity index (χ1v) is 8.84. The molecule has 0 aliphatic heterocycles. The lowest BCUT2D eigenvalue weighted by Gasteiger charge is -2.00. The standard InChI is InChI=1S/C13H11BrN4OS2/c1-2-20-13-17-16-12(11-4-3-5-19-11)18(13)15-7-10-6-9(14)8-21-10/h3-8H,2H2,1H3. The van der Waals surface area contributed by atoms with Crippen molar-refractivity contribution in [2.75, 3.05) is 5.75 Å². The van der Waals surface area contributed by atoms with Gasteiger partial charge in [-0.15, -0.1) is 21.5 Å². The predicted octanol–water partition coefficient (Wildman–Crippen LogP) is 4.36. The molecule has 0 unspecified atom stereocenters. The molecular formula is C13H11BrN4OS2. The molecule has 0 spiro atoms. The average Bonchev–Trinajstić information content (AvgIpc) is 3.17. The maximum absolute atomic E-state index is 5.40. The summed E-state index contributed by atoms with van der Waals surface area (Å²) in [5.74, 6) is 2.15. The van der Waals surface area contributed by atoms with Crippen LogP contribution in [0.4, 0.5) is 0 Å². The van der Waals surface area contributed by atoms with Gasteiger partial charge in [0.25, 0.3) is 0 Å². The molecule has 108 valence electrons. The quantitative estimate of drug-likeness (QED) is 0.485. The highest BCUT2D eigenvalue weighted by molar-refractivity contribution is 9.10. The Morgan fingerprint density at radius 2 is 2.43 bits per heavy atom. The zero-order valence-corrected chi connectivity index (χ0v) is 14.3. The molecule has 0 bridgehead atoms. The molecule has 0 aliphatic carbocycles. The first-order valence-electron chi connectivity index (χ1n) is 6.18. The van der Waals surface area contributed by atoms with Crippen molar-refractivity contribution in [3.63, 3.8) is 0 Å². The molecular weight excluding hydrogens is 372 g/mol. The lowest BCUT2D eigenvalue weighted by atomic mass is 10.4. The van der Waals surface area contributed by atoms with E-state index in [1.54, 1.807) is 40.3 Å². The van der Waals surface area contributed by atoms with E-state index in [1.807, 2.05) is 23.6 Å². The highest BCUT2D eigenvalue weighted by atomic mass is 79.9. The second-order valence-corrected chi connectivity index (χ2v) is 7.03. The van der Waals surface area contributed by atoms with Crippen molar-refractivity contribution in [1.29, 1.82) is 0 Å². The number of thioether (sulfide) groups is 1. The molecule has 0 saturated carbocycles. The summed E-state index contributed by atoms with van der Waals surface area (Å²) < 4.78 is 8.15. The Kier molecular flexibility index (Phi) is 4.57. The average molecular weight is 383 g/mol. The normalized spacial score (nSPS) is 11.5. The smallest absolute Gasteiger partial charge is 0.221 e. The van der Waals surface area contributed by atoms with Crippen molar-refractivity contribution in [3.05, 3.63) is 39.2 Å². The molecule has 0 fully saturated rings. The van der Waals surface area contributed by atoms with E-state index < -0.39 is 0 Å². The Bertz CT molecular complexity index is 748. The van der Waals surface area contributed by atoms with Crippen molar-refractivity contribution in [3.8, 4) is 11.6 Å². The number of thiophene rings is 1. The van der Waals surface area contributed by atoms with Crippen LogP contribution in [-0.4, -0.2) is 26.8 Å².